The van der Waals surface area contributed by atoms with Crippen LogP contribution in [-0.4, -0.2) is 0 Å². The molecule has 0 aliphatic heterocycles. The summed E-state index contributed by atoms with van der Waals surface area (Å²) in [5, 5.41) is 2.04. The predicted octanol–water partition coefficient (Wildman–Crippen LogP) is 3.69. The second-order valence-electron chi connectivity index (χ2n) is 3.02. The van der Waals surface area contributed by atoms with Gasteiger partial charge in [0.2, 0.25) is 0 Å². The number of fused-ring (bicyclic) bond motifs is 1. The van der Waals surface area contributed by atoms with E-state index in [9.17, 15) is 0 Å². The standard InChI is InChI=1S/C10H10BrNS/c1-6-3-2-4-7-9(12)8(5-11)13-10(6)7/h2-4H,5,12H2,1H3. The number of thiophene rings is 1. The molecule has 0 radical (unpaired) electrons. The van der Waals surface area contributed by atoms with E-state index in [2.05, 4.69) is 41.1 Å². The zero-order valence-corrected chi connectivity index (χ0v) is 9.71. The van der Waals surface area contributed by atoms with E-state index in [1.165, 1.54) is 20.5 Å². The zero-order valence-electron chi connectivity index (χ0n) is 7.30. The normalized spacial score (nSPS) is 10.9. The van der Waals surface area contributed by atoms with Crippen LogP contribution in [0.1, 0.15) is 10.4 Å². The van der Waals surface area contributed by atoms with E-state index in [0.717, 1.165) is 11.0 Å². The number of aryl methyl sites for hydroxylation is 1. The lowest BCUT2D eigenvalue weighted by atomic mass is 10.1. The van der Waals surface area contributed by atoms with Gasteiger partial charge in [0.25, 0.3) is 0 Å². The molecule has 1 heterocycles. The molecule has 0 atom stereocenters. The Balaban J connectivity index is 2.83. The number of nitrogen functional groups attached to an aromatic ring is 1. The molecule has 2 N–H and O–H groups in total. The summed E-state index contributed by atoms with van der Waals surface area (Å²) >= 11 is 5.22. The maximum absolute atomic E-state index is 6.00. The fourth-order valence-electron chi connectivity index (χ4n) is 1.43. The van der Waals surface area contributed by atoms with Crippen LogP contribution in [-0.2, 0) is 5.33 Å². The van der Waals surface area contributed by atoms with Gasteiger partial charge in [0, 0.05) is 20.3 Å². The number of halogens is 1. The summed E-state index contributed by atoms with van der Waals surface area (Å²) in [7, 11) is 0. The Bertz CT molecular complexity index is 447. The molecule has 1 aromatic carbocycles. The maximum Gasteiger partial charge on any atom is 0.0544 e. The molecule has 68 valence electrons. The van der Waals surface area contributed by atoms with E-state index in [4.69, 9.17) is 5.73 Å². The van der Waals surface area contributed by atoms with Gasteiger partial charge < -0.3 is 5.73 Å². The second-order valence-corrected chi connectivity index (χ2v) is 4.69. The Morgan fingerprint density at radius 2 is 2.23 bits per heavy atom. The molecule has 3 heteroatoms. The largest absolute Gasteiger partial charge is 0.397 e. The van der Waals surface area contributed by atoms with Crippen molar-refractivity contribution in [2.75, 3.05) is 5.73 Å². The molecular weight excluding hydrogens is 246 g/mol. The Morgan fingerprint density at radius 3 is 2.85 bits per heavy atom. The van der Waals surface area contributed by atoms with Crippen molar-refractivity contribution in [3.63, 3.8) is 0 Å². The van der Waals surface area contributed by atoms with Crippen molar-refractivity contribution in [1.29, 1.82) is 0 Å². The van der Waals surface area contributed by atoms with Gasteiger partial charge in [-0.3, -0.25) is 0 Å². The minimum atomic E-state index is 0.845. The van der Waals surface area contributed by atoms with Gasteiger partial charge in [-0.15, -0.1) is 11.3 Å². The van der Waals surface area contributed by atoms with Crippen LogP contribution in [0.25, 0.3) is 10.1 Å². The molecule has 0 amide bonds. The lowest BCUT2D eigenvalue weighted by Crippen LogP contribution is -1.85. The van der Waals surface area contributed by atoms with Crippen molar-refractivity contribution in [3.05, 3.63) is 28.6 Å². The van der Waals surface area contributed by atoms with Gasteiger partial charge in [-0.1, -0.05) is 34.1 Å². The summed E-state index contributed by atoms with van der Waals surface area (Å²) < 4.78 is 1.31. The van der Waals surface area contributed by atoms with Gasteiger partial charge in [-0.2, -0.15) is 0 Å². The first kappa shape index (κ1) is 9.03. The highest BCUT2D eigenvalue weighted by Gasteiger charge is 2.08. The number of anilines is 1. The summed E-state index contributed by atoms with van der Waals surface area (Å²) in [6.45, 7) is 2.12. The molecule has 0 saturated heterocycles. The molecule has 0 bridgehead atoms. The lowest BCUT2D eigenvalue weighted by Gasteiger charge is -1.94. The van der Waals surface area contributed by atoms with Crippen molar-refractivity contribution in [1.82, 2.24) is 0 Å². The fraction of sp³-hybridized carbons (Fsp3) is 0.200. The average molecular weight is 256 g/mol. The quantitative estimate of drug-likeness (QED) is 0.774. The predicted molar refractivity (Wildman–Crippen MR) is 63.6 cm³/mol. The van der Waals surface area contributed by atoms with Crippen LogP contribution in [0.3, 0.4) is 0 Å². The minimum absolute atomic E-state index is 0.845. The first-order chi connectivity index (χ1) is 6.24. The highest BCUT2D eigenvalue weighted by atomic mass is 79.9. The SMILES string of the molecule is Cc1cccc2c(N)c(CBr)sc12. The van der Waals surface area contributed by atoms with E-state index in [-0.39, 0.29) is 0 Å². The molecule has 2 rings (SSSR count). The van der Waals surface area contributed by atoms with E-state index in [1.54, 1.807) is 11.3 Å². The van der Waals surface area contributed by atoms with Gasteiger partial charge in [-0.05, 0) is 12.5 Å². The number of hydrogen-bond donors (Lipinski definition) is 1. The maximum atomic E-state index is 6.00. The van der Waals surface area contributed by atoms with Crippen LogP contribution in [0.4, 0.5) is 5.69 Å². The Morgan fingerprint density at radius 1 is 1.46 bits per heavy atom. The van der Waals surface area contributed by atoms with Crippen molar-refractivity contribution in [2.24, 2.45) is 0 Å². The monoisotopic (exact) mass is 255 g/mol. The van der Waals surface area contributed by atoms with Crippen molar-refractivity contribution < 1.29 is 0 Å². The molecular formula is C10H10BrNS. The summed E-state index contributed by atoms with van der Waals surface area (Å²) in [6.07, 6.45) is 0. The molecule has 2 aromatic rings. The zero-order chi connectivity index (χ0) is 9.42. The van der Waals surface area contributed by atoms with E-state index in [0.29, 0.717) is 0 Å². The van der Waals surface area contributed by atoms with E-state index >= 15 is 0 Å². The Labute approximate surface area is 89.7 Å². The van der Waals surface area contributed by atoms with Crippen LogP contribution >= 0.6 is 27.3 Å². The van der Waals surface area contributed by atoms with Crippen molar-refractivity contribution >= 4 is 43.0 Å². The molecule has 1 aromatic heterocycles. The Hall–Kier alpha value is -0.540. The molecule has 0 saturated carbocycles. The van der Waals surface area contributed by atoms with Gasteiger partial charge in [0.15, 0.2) is 0 Å². The molecule has 0 fully saturated rings. The van der Waals surface area contributed by atoms with Crippen LogP contribution in [0.15, 0.2) is 18.2 Å². The van der Waals surface area contributed by atoms with Gasteiger partial charge >= 0.3 is 0 Å². The topological polar surface area (TPSA) is 26.0 Å². The van der Waals surface area contributed by atoms with Gasteiger partial charge in [-0.25, -0.2) is 0 Å². The highest BCUT2D eigenvalue weighted by molar-refractivity contribution is 9.08. The summed E-state index contributed by atoms with van der Waals surface area (Å²) in [5.41, 5.74) is 8.24. The van der Waals surface area contributed by atoms with Crippen LogP contribution in [0, 0.1) is 6.92 Å². The number of hydrogen-bond acceptors (Lipinski definition) is 2. The lowest BCUT2D eigenvalue weighted by molar-refractivity contribution is 1.56. The summed E-state index contributed by atoms with van der Waals surface area (Å²) in [4.78, 5) is 1.23. The molecule has 0 unspecified atom stereocenters. The number of benzene rings is 1. The van der Waals surface area contributed by atoms with Crippen LogP contribution in [0.2, 0.25) is 0 Å². The molecule has 0 aliphatic carbocycles. The van der Waals surface area contributed by atoms with Crippen molar-refractivity contribution in [3.8, 4) is 0 Å². The van der Waals surface area contributed by atoms with Gasteiger partial charge in [0.05, 0.1) is 5.69 Å². The average Bonchev–Trinajstić information content (AvgIpc) is 2.45. The smallest absolute Gasteiger partial charge is 0.0544 e. The number of alkyl halides is 1. The minimum Gasteiger partial charge on any atom is -0.397 e. The highest BCUT2D eigenvalue weighted by Crippen LogP contribution is 2.36. The number of nitrogens with two attached hydrogens (primary N) is 1. The third kappa shape index (κ3) is 1.36. The first-order valence-electron chi connectivity index (χ1n) is 4.06. The van der Waals surface area contributed by atoms with Crippen molar-refractivity contribution in [2.45, 2.75) is 12.3 Å². The first-order valence-corrected chi connectivity index (χ1v) is 6.00. The van der Waals surface area contributed by atoms with E-state index in [1.807, 2.05) is 0 Å². The molecule has 0 spiro atoms. The Kier molecular flexibility index (Phi) is 2.30. The van der Waals surface area contributed by atoms with E-state index < -0.39 is 0 Å². The fourth-order valence-corrected chi connectivity index (χ4v) is 3.11. The second kappa shape index (κ2) is 3.31. The molecule has 13 heavy (non-hydrogen) atoms. The molecule has 0 aliphatic rings. The molecule has 1 nitrogen and oxygen atoms in total. The third-order valence-corrected chi connectivity index (χ3v) is 4.44. The number of rotatable bonds is 1. The summed E-state index contributed by atoms with van der Waals surface area (Å²) in [5.74, 6) is 0. The van der Waals surface area contributed by atoms with Gasteiger partial charge in [0.1, 0.15) is 0 Å². The van der Waals surface area contributed by atoms with Crippen LogP contribution < -0.4 is 5.73 Å². The summed E-state index contributed by atoms with van der Waals surface area (Å²) in [6, 6.07) is 6.26. The third-order valence-electron chi connectivity index (χ3n) is 2.15. The van der Waals surface area contributed by atoms with Crippen LogP contribution in [0.5, 0.6) is 0 Å².